The van der Waals surface area contributed by atoms with Crippen LogP contribution in [0.3, 0.4) is 0 Å². The first-order chi connectivity index (χ1) is 17.3. The van der Waals surface area contributed by atoms with Crippen molar-refractivity contribution < 1.29 is 58.3 Å². The first-order valence-electron chi connectivity index (χ1n) is 9.70. The van der Waals surface area contributed by atoms with Gasteiger partial charge in [0, 0.05) is 38.1 Å². The molecule has 0 aliphatic heterocycles. The molecule has 6 rings (SSSR count). The maximum atomic E-state index is 8.47. The molecule has 17 heteroatoms. The topological polar surface area (TPSA) is 204 Å². The van der Waals surface area contributed by atoms with E-state index in [2.05, 4.69) is 29.9 Å². The van der Waals surface area contributed by atoms with Crippen molar-refractivity contribution in [1.82, 2.24) is 29.9 Å². The standard InChI is InChI=1S/2C10H7N3S.Cd.2H2NO3/c2*1-2-4-8-7(3-1)12-10(13-8)9-5-14-6-11-9;;2*2-1(3)4/h2*1-6H,(H,12,13);;2*(H2,2,3,4)/q;;;2*+1. The fourth-order valence-corrected chi connectivity index (χ4v) is 3.88. The van der Waals surface area contributed by atoms with Crippen molar-refractivity contribution in [3.8, 4) is 23.0 Å². The number of benzene rings is 2. The van der Waals surface area contributed by atoms with Crippen molar-refractivity contribution in [2.45, 2.75) is 0 Å². The molecule has 37 heavy (non-hydrogen) atoms. The summed E-state index contributed by atoms with van der Waals surface area (Å²) in [5, 5.41) is 29.0. The summed E-state index contributed by atoms with van der Waals surface area (Å²) in [5.74, 6) is 1.68. The molecule has 0 radical (unpaired) electrons. The number of hydrogen-bond donors (Lipinski definition) is 6. The summed E-state index contributed by atoms with van der Waals surface area (Å²) in [6, 6.07) is 15.9. The van der Waals surface area contributed by atoms with Crippen molar-refractivity contribution in [2.24, 2.45) is 0 Å². The van der Waals surface area contributed by atoms with E-state index in [1.54, 1.807) is 22.7 Å². The SMILES string of the molecule is O=[N+](O)O.O=[N+](O)O.[Cd].c1ccc2[nH]c(-c3cscn3)nc2c1.c1ccc2[nH]c(-c3cscn3)nc2c1. The summed E-state index contributed by atoms with van der Waals surface area (Å²) in [7, 11) is 0. The van der Waals surface area contributed by atoms with Crippen molar-refractivity contribution in [3.05, 3.63) is 80.1 Å². The van der Waals surface area contributed by atoms with Gasteiger partial charge in [0.15, 0.2) is 11.6 Å². The number of hydrogen-bond acceptors (Lipinski definition) is 8. The average Bonchev–Trinajstić information content (AvgIpc) is 3.64. The van der Waals surface area contributed by atoms with Crippen LogP contribution >= 0.6 is 22.7 Å². The van der Waals surface area contributed by atoms with Crippen LogP contribution in [0.4, 0.5) is 0 Å². The fraction of sp³-hybridized carbons (Fsp3) is 0. The molecule has 186 valence electrons. The van der Waals surface area contributed by atoms with Crippen molar-refractivity contribution in [2.75, 3.05) is 0 Å². The van der Waals surface area contributed by atoms with Crippen LogP contribution in [0.15, 0.2) is 70.3 Å². The summed E-state index contributed by atoms with van der Waals surface area (Å²) >= 11 is 3.15. The second-order valence-corrected chi connectivity index (χ2v) is 7.90. The summed E-state index contributed by atoms with van der Waals surface area (Å²) in [4.78, 5) is 40.7. The Bertz CT molecular complexity index is 1350. The number of aromatic amines is 2. The molecule has 0 aliphatic rings. The van der Waals surface area contributed by atoms with Crippen LogP contribution in [0, 0.1) is 9.81 Å². The van der Waals surface area contributed by atoms with Crippen LogP contribution in [0.2, 0.25) is 0 Å². The van der Waals surface area contributed by atoms with Gasteiger partial charge in [-0.05, 0) is 24.3 Å². The maximum Gasteiger partial charge on any atom is 0.472 e. The molecule has 2 aromatic carbocycles. The molecule has 0 saturated heterocycles. The van der Waals surface area contributed by atoms with Gasteiger partial charge in [0.1, 0.15) is 21.2 Å². The van der Waals surface area contributed by atoms with Gasteiger partial charge in [0.05, 0.1) is 33.1 Å². The molecule has 14 nitrogen and oxygen atoms in total. The van der Waals surface area contributed by atoms with E-state index in [9.17, 15) is 0 Å². The minimum atomic E-state index is -1.25. The van der Waals surface area contributed by atoms with Crippen molar-refractivity contribution >= 4 is 44.7 Å². The summed E-state index contributed by atoms with van der Waals surface area (Å²) in [6.07, 6.45) is 0. The fourth-order valence-electron chi connectivity index (χ4n) is 2.81. The smallest absolute Gasteiger partial charge is 0.337 e. The zero-order valence-corrected chi connectivity index (χ0v) is 24.4. The Hall–Kier alpha value is -4.04. The van der Waals surface area contributed by atoms with Crippen molar-refractivity contribution in [1.29, 1.82) is 0 Å². The molecular formula is C20H18CdN8O6S2+2. The largest absolute Gasteiger partial charge is 0.472 e. The van der Waals surface area contributed by atoms with Crippen LogP contribution in [0.25, 0.3) is 45.1 Å². The van der Waals surface area contributed by atoms with Crippen LogP contribution in [-0.4, -0.2) is 60.9 Å². The van der Waals surface area contributed by atoms with Gasteiger partial charge in [-0.1, -0.05) is 24.3 Å². The molecule has 0 bridgehead atoms. The van der Waals surface area contributed by atoms with Crippen LogP contribution in [-0.2, 0) is 27.3 Å². The van der Waals surface area contributed by atoms with E-state index in [1.165, 1.54) is 0 Å². The first-order valence-corrected chi connectivity index (χ1v) is 11.6. The molecule has 4 heterocycles. The minimum absolute atomic E-state index is 0. The molecule has 0 spiro atoms. The average molecular weight is 643 g/mol. The molecule has 0 unspecified atom stereocenters. The monoisotopic (exact) mass is 644 g/mol. The van der Waals surface area contributed by atoms with Gasteiger partial charge >= 0.3 is 10.2 Å². The van der Waals surface area contributed by atoms with Gasteiger partial charge in [-0.2, -0.15) is 0 Å². The number of aromatic nitrogens is 6. The summed E-state index contributed by atoms with van der Waals surface area (Å²) in [5.41, 5.74) is 9.50. The molecule has 0 aliphatic carbocycles. The van der Waals surface area contributed by atoms with E-state index < -0.39 is 10.2 Å². The maximum absolute atomic E-state index is 8.47. The Morgan fingerprint density at radius 1 is 0.649 bits per heavy atom. The number of H-pyrrole nitrogens is 2. The zero-order chi connectivity index (χ0) is 25.9. The quantitative estimate of drug-likeness (QED) is 0.116. The molecule has 6 aromatic rings. The summed E-state index contributed by atoms with van der Waals surface area (Å²) < 4.78 is 0. The zero-order valence-electron chi connectivity index (χ0n) is 18.7. The van der Waals surface area contributed by atoms with Gasteiger partial charge in [-0.3, -0.25) is 0 Å². The Morgan fingerprint density at radius 2 is 1.00 bits per heavy atom. The molecule has 0 fully saturated rings. The number of nitrogens with zero attached hydrogens (tertiary/aromatic N) is 6. The van der Waals surface area contributed by atoms with Crippen LogP contribution < -0.4 is 0 Å². The van der Waals surface area contributed by atoms with E-state index in [1.807, 2.05) is 70.3 Å². The van der Waals surface area contributed by atoms with E-state index >= 15 is 0 Å². The number of fused-ring (bicyclic) bond motifs is 2. The number of nitrogens with one attached hydrogen (secondary N) is 2. The van der Waals surface area contributed by atoms with Crippen molar-refractivity contribution in [3.63, 3.8) is 0 Å². The Labute approximate surface area is 235 Å². The van der Waals surface area contributed by atoms with Gasteiger partial charge in [0.25, 0.3) is 0 Å². The molecule has 0 amide bonds. The number of rotatable bonds is 2. The van der Waals surface area contributed by atoms with Crippen LogP contribution in [0.5, 0.6) is 0 Å². The molecule has 0 saturated carbocycles. The second kappa shape index (κ2) is 14.5. The summed E-state index contributed by atoms with van der Waals surface area (Å²) in [6.45, 7) is 0. The van der Waals surface area contributed by atoms with E-state index in [0.717, 1.165) is 45.1 Å². The number of thiazole rings is 2. The first kappa shape index (κ1) is 29.2. The number of imidazole rings is 2. The minimum Gasteiger partial charge on any atom is -0.337 e. The Balaban J connectivity index is 0.000000199. The van der Waals surface area contributed by atoms with Gasteiger partial charge < -0.3 is 9.97 Å². The van der Waals surface area contributed by atoms with E-state index in [-0.39, 0.29) is 27.3 Å². The van der Waals surface area contributed by atoms with E-state index in [4.69, 9.17) is 30.6 Å². The van der Waals surface area contributed by atoms with Gasteiger partial charge in [0.2, 0.25) is 0 Å². The number of para-hydroxylation sites is 4. The second-order valence-electron chi connectivity index (χ2n) is 6.46. The molecule has 4 aromatic heterocycles. The van der Waals surface area contributed by atoms with E-state index in [0.29, 0.717) is 0 Å². The van der Waals surface area contributed by atoms with Crippen LogP contribution in [0.1, 0.15) is 0 Å². The predicted octanol–water partition coefficient (Wildman–Crippen LogP) is 4.46. The molecule has 0 atom stereocenters. The van der Waals surface area contributed by atoms with Gasteiger partial charge in [-0.25, -0.2) is 40.8 Å². The van der Waals surface area contributed by atoms with Gasteiger partial charge in [-0.15, -0.1) is 22.7 Å². The third-order valence-electron chi connectivity index (χ3n) is 4.13. The normalized spacial score (nSPS) is 9.51. The Morgan fingerprint density at radius 3 is 1.30 bits per heavy atom. The third kappa shape index (κ3) is 9.16. The predicted molar refractivity (Wildman–Crippen MR) is 129 cm³/mol. The third-order valence-corrected chi connectivity index (χ3v) is 5.30. The Kier molecular flexibility index (Phi) is 11.4. The molecule has 6 N–H and O–H groups in total. The molecular weight excluding hydrogens is 625 g/mol.